The third kappa shape index (κ3) is 1.77. The molecule has 3 heterocycles. The number of para-hydroxylation sites is 2. The summed E-state index contributed by atoms with van der Waals surface area (Å²) in [6, 6.07) is 11.7. The van der Waals surface area contributed by atoms with Crippen molar-refractivity contribution in [3.8, 4) is 0 Å². The van der Waals surface area contributed by atoms with E-state index >= 15 is 0 Å². The van der Waals surface area contributed by atoms with Crippen LogP contribution < -0.4 is 5.69 Å². The molecule has 0 fully saturated rings. The molecule has 1 aromatic carbocycles. The fourth-order valence-corrected chi connectivity index (χ4v) is 2.85. The maximum Gasteiger partial charge on any atom is 0.352 e. The van der Waals surface area contributed by atoms with E-state index in [4.69, 9.17) is 0 Å². The number of aryl methyl sites for hydroxylation is 1. The van der Waals surface area contributed by atoms with Gasteiger partial charge in [-0.1, -0.05) is 18.2 Å². The maximum atomic E-state index is 12.7. The zero-order chi connectivity index (χ0) is 15.1. The fraction of sp³-hybridized carbons (Fsp3) is 0.188. The largest absolute Gasteiger partial charge is 0.352 e. The van der Waals surface area contributed by atoms with Gasteiger partial charge in [-0.25, -0.2) is 13.9 Å². The smallest absolute Gasteiger partial charge is 0.309 e. The Morgan fingerprint density at radius 1 is 1.09 bits per heavy atom. The second-order valence-corrected chi connectivity index (χ2v) is 5.17. The van der Waals surface area contributed by atoms with Crippen LogP contribution in [0.2, 0.25) is 0 Å². The van der Waals surface area contributed by atoms with Gasteiger partial charge in [-0.2, -0.15) is 0 Å². The zero-order valence-corrected chi connectivity index (χ0v) is 12.2. The van der Waals surface area contributed by atoms with Gasteiger partial charge in [-0.15, -0.1) is 5.10 Å². The molecule has 22 heavy (non-hydrogen) atoms. The van der Waals surface area contributed by atoms with Crippen LogP contribution in [0, 0.1) is 0 Å². The average molecular weight is 293 g/mol. The predicted octanol–water partition coefficient (Wildman–Crippen LogP) is 1.91. The van der Waals surface area contributed by atoms with Crippen LogP contribution in [-0.4, -0.2) is 23.7 Å². The third-order valence-electron chi connectivity index (χ3n) is 3.85. The number of imidazole rings is 1. The molecule has 0 atom stereocenters. The highest BCUT2D eigenvalue weighted by atomic mass is 16.2. The summed E-state index contributed by atoms with van der Waals surface area (Å²) in [6.07, 6.45) is 3.47. The summed E-state index contributed by atoms with van der Waals surface area (Å²) in [5.41, 5.74) is 2.75. The molecule has 6 heteroatoms. The van der Waals surface area contributed by atoms with E-state index < -0.39 is 0 Å². The van der Waals surface area contributed by atoms with Crippen molar-refractivity contribution < 1.29 is 0 Å². The lowest BCUT2D eigenvalue weighted by Crippen LogP contribution is -2.21. The lowest BCUT2D eigenvalue weighted by Gasteiger charge is -2.01. The summed E-state index contributed by atoms with van der Waals surface area (Å²) in [5.74, 6) is 0.678. The van der Waals surface area contributed by atoms with Gasteiger partial charge in [0.1, 0.15) is 0 Å². The van der Waals surface area contributed by atoms with Gasteiger partial charge in [-0.05, 0) is 30.7 Å². The molecule has 4 rings (SSSR count). The van der Waals surface area contributed by atoms with Gasteiger partial charge >= 0.3 is 5.69 Å². The number of nitrogens with zero attached hydrogens (tertiary/aromatic N) is 5. The first-order valence-corrected chi connectivity index (χ1v) is 7.25. The van der Waals surface area contributed by atoms with Crippen molar-refractivity contribution in [3.63, 3.8) is 0 Å². The summed E-state index contributed by atoms with van der Waals surface area (Å²) in [4.78, 5) is 16.8. The highest BCUT2D eigenvalue weighted by Gasteiger charge is 2.16. The van der Waals surface area contributed by atoms with Crippen LogP contribution in [0.25, 0.3) is 16.8 Å². The summed E-state index contributed by atoms with van der Waals surface area (Å²) in [5, 5.41) is 4.52. The molecule has 4 aromatic rings. The molecule has 0 aliphatic heterocycles. The maximum absolute atomic E-state index is 12.7. The van der Waals surface area contributed by atoms with Crippen molar-refractivity contribution in [1.82, 2.24) is 23.7 Å². The molecule has 0 saturated heterocycles. The van der Waals surface area contributed by atoms with Crippen LogP contribution in [-0.2, 0) is 13.1 Å². The quantitative estimate of drug-likeness (QED) is 0.580. The molecule has 0 aliphatic carbocycles. The Morgan fingerprint density at radius 3 is 2.64 bits per heavy atom. The van der Waals surface area contributed by atoms with E-state index in [-0.39, 0.29) is 5.69 Å². The molecule has 0 aliphatic rings. The predicted molar refractivity (Wildman–Crippen MR) is 84.0 cm³/mol. The lowest BCUT2D eigenvalue weighted by atomic mass is 10.3. The minimum atomic E-state index is -0.123. The summed E-state index contributed by atoms with van der Waals surface area (Å²) >= 11 is 0. The SMILES string of the molecule is CCn1c2ccccc2n2c(=O)n(Cc3cccnc3)nc12. The molecule has 0 spiro atoms. The molecule has 0 saturated carbocycles. The molecule has 0 amide bonds. The number of hydrogen-bond acceptors (Lipinski definition) is 3. The van der Waals surface area contributed by atoms with Crippen molar-refractivity contribution in [2.45, 2.75) is 20.0 Å². The summed E-state index contributed by atoms with van der Waals surface area (Å²) < 4.78 is 5.22. The number of fused-ring (bicyclic) bond motifs is 3. The number of pyridine rings is 1. The highest BCUT2D eigenvalue weighted by molar-refractivity contribution is 5.80. The van der Waals surface area contributed by atoms with E-state index in [9.17, 15) is 4.79 Å². The fourth-order valence-electron chi connectivity index (χ4n) is 2.85. The van der Waals surface area contributed by atoms with Gasteiger partial charge < -0.3 is 4.57 Å². The van der Waals surface area contributed by atoms with Crippen LogP contribution in [0.3, 0.4) is 0 Å². The lowest BCUT2D eigenvalue weighted by molar-refractivity contribution is 0.652. The number of hydrogen-bond donors (Lipinski definition) is 0. The average Bonchev–Trinajstić information content (AvgIpc) is 3.03. The first-order chi connectivity index (χ1) is 10.8. The van der Waals surface area contributed by atoms with E-state index in [0.717, 1.165) is 23.1 Å². The van der Waals surface area contributed by atoms with Gasteiger partial charge in [-0.3, -0.25) is 4.98 Å². The Bertz CT molecular complexity index is 1010. The van der Waals surface area contributed by atoms with E-state index in [0.29, 0.717) is 12.3 Å². The molecule has 3 aromatic heterocycles. The molecular weight excluding hydrogens is 278 g/mol. The number of benzene rings is 1. The second-order valence-electron chi connectivity index (χ2n) is 5.17. The van der Waals surface area contributed by atoms with Crippen molar-refractivity contribution in [3.05, 3.63) is 64.8 Å². The minimum Gasteiger partial charge on any atom is -0.309 e. The van der Waals surface area contributed by atoms with Gasteiger partial charge in [0.15, 0.2) is 0 Å². The molecule has 0 N–H and O–H groups in total. The van der Waals surface area contributed by atoms with Crippen LogP contribution in [0.15, 0.2) is 53.6 Å². The number of rotatable bonds is 3. The minimum absolute atomic E-state index is 0.123. The zero-order valence-electron chi connectivity index (χ0n) is 12.2. The topological polar surface area (TPSA) is 57.1 Å². The molecule has 6 nitrogen and oxygen atoms in total. The third-order valence-corrected chi connectivity index (χ3v) is 3.85. The molecular formula is C16H15N5O. The van der Waals surface area contributed by atoms with Gasteiger partial charge in [0.25, 0.3) is 0 Å². The van der Waals surface area contributed by atoms with Crippen molar-refractivity contribution in [1.29, 1.82) is 0 Å². The summed E-state index contributed by atoms with van der Waals surface area (Å²) in [6.45, 7) is 3.24. The van der Waals surface area contributed by atoms with E-state index in [1.807, 2.05) is 36.4 Å². The van der Waals surface area contributed by atoms with Gasteiger partial charge in [0.2, 0.25) is 5.78 Å². The van der Waals surface area contributed by atoms with Crippen LogP contribution in [0.1, 0.15) is 12.5 Å². The van der Waals surface area contributed by atoms with E-state index in [1.165, 1.54) is 4.68 Å². The van der Waals surface area contributed by atoms with Crippen LogP contribution in [0.4, 0.5) is 0 Å². The first kappa shape index (κ1) is 12.8. The highest BCUT2D eigenvalue weighted by Crippen LogP contribution is 2.18. The van der Waals surface area contributed by atoms with Crippen molar-refractivity contribution >= 4 is 16.8 Å². The summed E-state index contributed by atoms with van der Waals surface area (Å²) in [7, 11) is 0. The second kappa shape index (κ2) is 4.84. The monoisotopic (exact) mass is 293 g/mol. The molecule has 0 unspecified atom stereocenters. The Labute approximate surface area is 126 Å². The van der Waals surface area contributed by atoms with E-state index in [2.05, 4.69) is 21.6 Å². The van der Waals surface area contributed by atoms with Crippen LogP contribution >= 0.6 is 0 Å². The van der Waals surface area contributed by atoms with Crippen molar-refractivity contribution in [2.24, 2.45) is 0 Å². The standard InChI is InChI=1S/C16H15N5O/c1-2-19-13-7-3-4-8-14(13)21-15(19)18-20(16(21)22)11-12-6-5-9-17-10-12/h3-10H,2,11H2,1H3. The molecule has 110 valence electrons. The Morgan fingerprint density at radius 2 is 1.91 bits per heavy atom. The molecule has 0 radical (unpaired) electrons. The van der Waals surface area contributed by atoms with Crippen molar-refractivity contribution in [2.75, 3.05) is 0 Å². The Kier molecular flexibility index (Phi) is 2.82. The normalized spacial score (nSPS) is 11.5. The Balaban J connectivity index is 1.96. The van der Waals surface area contributed by atoms with Gasteiger partial charge in [0.05, 0.1) is 17.6 Å². The number of aromatic nitrogens is 5. The molecule has 0 bridgehead atoms. The van der Waals surface area contributed by atoms with E-state index in [1.54, 1.807) is 16.8 Å². The first-order valence-electron chi connectivity index (χ1n) is 7.25. The Hall–Kier alpha value is -2.89. The van der Waals surface area contributed by atoms with Crippen LogP contribution in [0.5, 0.6) is 0 Å². The van der Waals surface area contributed by atoms with Gasteiger partial charge in [0, 0.05) is 18.9 Å².